The molecule has 0 saturated carbocycles. The summed E-state index contributed by atoms with van der Waals surface area (Å²) in [5, 5.41) is 7.15. The van der Waals surface area contributed by atoms with Gasteiger partial charge in [-0.05, 0) is 24.3 Å². The number of nitrogens with two attached hydrogens (primary N) is 1. The lowest BCUT2D eigenvalue weighted by molar-refractivity contribution is 0.0941. The van der Waals surface area contributed by atoms with Gasteiger partial charge < -0.3 is 11.1 Å². The van der Waals surface area contributed by atoms with Crippen molar-refractivity contribution in [2.75, 3.05) is 24.3 Å². The molecule has 1 aromatic rings. The maximum absolute atomic E-state index is 12.1. The minimum Gasteiger partial charge on any atom is -0.395 e. The second kappa shape index (κ2) is 6.68. The number of hydrogen-bond acceptors (Lipinski definition) is 4. The second-order valence-electron chi connectivity index (χ2n) is 4.46. The molecule has 0 aliphatic heterocycles. The summed E-state index contributed by atoms with van der Waals surface area (Å²) < 4.78 is 1.56. The van der Waals surface area contributed by atoms with E-state index in [1.165, 1.54) is 0 Å². The number of amides is 1. The summed E-state index contributed by atoms with van der Waals surface area (Å²) in [6.45, 7) is 4.74. The van der Waals surface area contributed by atoms with E-state index in [1.54, 1.807) is 23.5 Å². The van der Waals surface area contributed by atoms with Gasteiger partial charge in [-0.1, -0.05) is 13.8 Å². The first kappa shape index (κ1) is 14.9. The number of aromatic nitrogens is 2. The van der Waals surface area contributed by atoms with Gasteiger partial charge in [-0.25, -0.2) is 0 Å². The molecule has 1 heterocycles. The Morgan fingerprint density at radius 1 is 1.61 bits per heavy atom. The number of carbonyl (C=O) groups is 1. The fourth-order valence-corrected chi connectivity index (χ4v) is 2.51. The minimum absolute atomic E-state index is 0.143. The number of anilines is 1. The van der Waals surface area contributed by atoms with Crippen molar-refractivity contribution in [1.29, 1.82) is 0 Å². The van der Waals surface area contributed by atoms with Gasteiger partial charge in [-0.15, -0.1) is 0 Å². The normalized spacial score (nSPS) is 12.4. The van der Waals surface area contributed by atoms with E-state index in [0.717, 1.165) is 17.9 Å². The van der Waals surface area contributed by atoms with Crippen LogP contribution in [-0.2, 0) is 13.5 Å². The third kappa shape index (κ3) is 3.41. The Morgan fingerprint density at radius 2 is 2.28 bits per heavy atom. The van der Waals surface area contributed by atoms with Crippen molar-refractivity contribution in [2.45, 2.75) is 20.3 Å². The maximum atomic E-state index is 12.1. The number of carbonyl (C=O) groups excluding carboxylic acids is 1. The summed E-state index contributed by atoms with van der Waals surface area (Å²) in [5.41, 5.74) is 7.67. The molecule has 6 heteroatoms. The molecule has 1 aromatic heterocycles. The Kier molecular flexibility index (Phi) is 5.53. The number of aryl methyl sites for hydroxylation is 2. The Hall–Kier alpha value is -1.17. The molecule has 0 fully saturated rings. The molecule has 1 unspecified atom stereocenters. The molecular formula is C12H22N4OS. The van der Waals surface area contributed by atoms with E-state index in [1.807, 2.05) is 6.92 Å². The molecule has 0 radical (unpaired) electrons. The van der Waals surface area contributed by atoms with Crippen molar-refractivity contribution in [3.63, 3.8) is 0 Å². The Balaban J connectivity index is 2.70. The van der Waals surface area contributed by atoms with Gasteiger partial charge in [0, 0.05) is 13.6 Å². The van der Waals surface area contributed by atoms with E-state index in [4.69, 9.17) is 5.73 Å². The van der Waals surface area contributed by atoms with Crippen molar-refractivity contribution in [3.8, 4) is 0 Å². The van der Waals surface area contributed by atoms with Crippen LogP contribution in [0, 0.1) is 5.92 Å². The average molecular weight is 270 g/mol. The molecular weight excluding hydrogens is 248 g/mol. The fraction of sp³-hybridized carbons (Fsp3) is 0.667. The zero-order valence-electron chi connectivity index (χ0n) is 11.5. The number of nitrogens with zero attached hydrogens (tertiary/aromatic N) is 2. The van der Waals surface area contributed by atoms with Crippen LogP contribution in [0.4, 0.5) is 5.69 Å². The molecule has 3 N–H and O–H groups in total. The molecule has 5 nitrogen and oxygen atoms in total. The van der Waals surface area contributed by atoms with Crippen molar-refractivity contribution in [3.05, 3.63) is 11.4 Å². The van der Waals surface area contributed by atoms with Crippen molar-refractivity contribution < 1.29 is 4.79 Å². The van der Waals surface area contributed by atoms with E-state index in [0.29, 0.717) is 23.8 Å². The SMILES string of the molecule is CCc1nn(C)c(C(=O)NCC(C)CSC)c1N. The highest BCUT2D eigenvalue weighted by Crippen LogP contribution is 2.16. The first-order chi connectivity index (χ1) is 8.51. The summed E-state index contributed by atoms with van der Waals surface area (Å²) in [7, 11) is 1.75. The van der Waals surface area contributed by atoms with Gasteiger partial charge in [0.1, 0.15) is 5.69 Å². The highest BCUT2D eigenvalue weighted by molar-refractivity contribution is 7.98. The highest BCUT2D eigenvalue weighted by atomic mass is 32.2. The molecule has 0 aromatic carbocycles. The molecule has 1 amide bonds. The standard InChI is InChI=1S/C12H22N4OS/c1-5-9-10(13)11(16(3)15-9)12(17)14-6-8(2)7-18-4/h8H,5-7,13H2,1-4H3,(H,14,17). The number of hydrogen-bond donors (Lipinski definition) is 2. The summed E-state index contributed by atoms with van der Waals surface area (Å²) in [6.07, 6.45) is 2.79. The smallest absolute Gasteiger partial charge is 0.271 e. The Morgan fingerprint density at radius 3 is 2.78 bits per heavy atom. The number of thioether (sulfide) groups is 1. The fourth-order valence-electron chi connectivity index (χ4n) is 1.82. The quantitative estimate of drug-likeness (QED) is 0.817. The summed E-state index contributed by atoms with van der Waals surface area (Å²) in [6, 6.07) is 0. The van der Waals surface area contributed by atoms with Gasteiger partial charge in [0.25, 0.3) is 5.91 Å². The lowest BCUT2D eigenvalue weighted by Gasteiger charge is -2.11. The van der Waals surface area contributed by atoms with Crippen LogP contribution in [0.15, 0.2) is 0 Å². The van der Waals surface area contributed by atoms with Crippen LogP contribution in [0.1, 0.15) is 30.0 Å². The number of nitrogen functional groups attached to an aromatic ring is 1. The predicted octanol–water partition coefficient (Wildman–Crippen LogP) is 1.29. The van der Waals surface area contributed by atoms with E-state index in [2.05, 4.69) is 23.6 Å². The Bertz CT molecular complexity index is 416. The molecule has 0 aliphatic carbocycles. The lowest BCUT2D eigenvalue weighted by atomic mass is 10.2. The van der Waals surface area contributed by atoms with Crippen molar-refractivity contribution in [2.24, 2.45) is 13.0 Å². The zero-order valence-corrected chi connectivity index (χ0v) is 12.3. The predicted molar refractivity (Wildman–Crippen MR) is 76.9 cm³/mol. The van der Waals surface area contributed by atoms with E-state index >= 15 is 0 Å². The summed E-state index contributed by atoms with van der Waals surface area (Å²) >= 11 is 1.78. The van der Waals surface area contributed by atoms with Gasteiger partial charge in [0.2, 0.25) is 0 Å². The van der Waals surface area contributed by atoms with Crippen LogP contribution < -0.4 is 11.1 Å². The van der Waals surface area contributed by atoms with Gasteiger partial charge in [-0.3, -0.25) is 9.48 Å². The summed E-state index contributed by atoms with van der Waals surface area (Å²) in [4.78, 5) is 12.1. The van der Waals surface area contributed by atoms with Crippen molar-refractivity contribution in [1.82, 2.24) is 15.1 Å². The monoisotopic (exact) mass is 270 g/mol. The molecule has 102 valence electrons. The molecule has 18 heavy (non-hydrogen) atoms. The largest absolute Gasteiger partial charge is 0.395 e. The van der Waals surface area contributed by atoms with E-state index in [-0.39, 0.29) is 5.91 Å². The van der Waals surface area contributed by atoms with Gasteiger partial charge in [-0.2, -0.15) is 16.9 Å². The van der Waals surface area contributed by atoms with E-state index in [9.17, 15) is 4.79 Å². The van der Waals surface area contributed by atoms with Gasteiger partial charge >= 0.3 is 0 Å². The third-order valence-corrected chi connectivity index (χ3v) is 3.67. The lowest BCUT2D eigenvalue weighted by Crippen LogP contribution is -2.31. The van der Waals surface area contributed by atoms with Gasteiger partial charge in [0.15, 0.2) is 0 Å². The Labute approximate surface area is 112 Å². The van der Waals surface area contributed by atoms with Crippen LogP contribution in [0.5, 0.6) is 0 Å². The topological polar surface area (TPSA) is 72.9 Å². The van der Waals surface area contributed by atoms with E-state index < -0.39 is 0 Å². The summed E-state index contributed by atoms with van der Waals surface area (Å²) in [5.74, 6) is 1.33. The number of rotatable bonds is 6. The van der Waals surface area contributed by atoms with Crippen LogP contribution in [0.3, 0.4) is 0 Å². The average Bonchev–Trinajstić information content (AvgIpc) is 2.61. The van der Waals surface area contributed by atoms with Crippen LogP contribution in [0.2, 0.25) is 0 Å². The minimum atomic E-state index is -0.143. The molecule has 0 aliphatic rings. The maximum Gasteiger partial charge on any atom is 0.271 e. The molecule has 0 saturated heterocycles. The number of nitrogens with one attached hydrogen (secondary N) is 1. The molecule has 1 atom stereocenters. The highest BCUT2D eigenvalue weighted by Gasteiger charge is 2.19. The van der Waals surface area contributed by atoms with Crippen LogP contribution >= 0.6 is 11.8 Å². The molecule has 0 bridgehead atoms. The van der Waals surface area contributed by atoms with Crippen LogP contribution in [-0.4, -0.2) is 34.2 Å². The first-order valence-corrected chi connectivity index (χ1v) is 7.49. The first-order valence-electron chi connectivity index (χ1n) is 6.09. The molecule has 1 rings (SSSR count). The molecule has 0 spiro atoms. The zero-order chi connectivity index (χ0) is 13.7. The second-order valence-corrected chi connectivity index (χ2v) is 5.37. The third-order valence-electron chi connectivity index (χ3n) is 2.77. The van der Waals surface area contributed by atoms with Gasteiger partial charge in [0.05, 0.1) is 11.4 Å². The van der Waals surface area contributed by atoms with Crippen molar-refractivity contribution >= 4 is 23.4 Å². The van der Waals surface area contributed by atoms with Crippen LogP contribution in [0.25, 0.3) is 0 Å².